The van der Waals surface area contributed by atoms with Gasteiger partial charge in [0.1, 0.15) is 0 Å². The largest absolute Gasteiger partial charge is 0.331 e. The number of rotatable bonds is 4. The summed E-state index contributed by atoms with van der Waals surface area (Å²) in [6, 6.07) is 8.48. The van der Waals surface area contributed by atoms with Crippen molar-refractivity contribution >= 4 is 21.8 Å². The fraction of sp³-hybridized carbons (Fsp3) is 0.333. The van der Waals surface area contributed by atoms with Crippen LogP contribution in [0.15, 0.2) is 41.1 Å². The van der Waals surface area contributed by atoms with E-state index in [0.29, 0.717) is 18.2 Å². The highest BCUT2D eigenvalue weighted by molar-refractivity contribution is 9.10. The third-order valence-electron chi connectivity index (χ3n) is 3.44. The molecule has 0 unspecified atom stereocenters. The lowest BCUT2D eigenvalue weighted by Gasteiger charge is -2.22. The standard InChI is InChI=1S/C15H16BrN3O/c1-18-10-12(8-17-18)15(20)19(14-5-6-14)9-11-3-2-4-13(16)7-11/h2-4,7-8,10,14H,5-6,9H2,1H3. The van der Waals surface area contributed by atoms with E-state index >= 15 is 0 Å². The third kappa shape index (κ3) is 2.93. The van der Waals surface area contributed by atoms with Crippen LogP contribution in [0.3, 0.4) is 0 Å². The Labute approximate surface area is 126 Å². The Bertz CT molecular complexity index is 634. The van der Waals surface area contributed by atoms with Crippen molar-refractivity contribution in [3.63, 3.8) is 0 Å². The number of hydrogen-bond donors (Lipinski definition) is 0. The van der Waals surface area contributed by atoms with E-state index in [9.17, 15) is 4.79 Å². The van der Waals surface area contributed by atoms with Crippen LogP contribution in [-0.4, -0.2) is 26.6 Å². The maximum Gasteiger partial charge on any atom is 0.257 e. The van der Waals surface area contributed by atoms with Gasteiger partial charge in [0.25, 0.3) is 5.91 Å². The van der Waals surface area contributed by atoms with E-state index in [4.69, 9.17) is 0 Å². The van der Waals surface area contributed by atoms with Gasteiger partial charge in [-0.2, -0.15) is 5.10 Å². The minimum Gasteiger partial charge on any atom is -0.331 e. The predicted molar refractivity (Wildman–Crippen MR) is 80.2 cm³/mol. The molecule has 104 valence electrons. The molecule has 1 aliphatic carbocycles. The fourth-order valence-corrected chi connectivity index (χ4v) is 2.73. The van der Waals surface area contributed by atoms with Crippen LogP contribution in [-0.2, 0) is 13.6 Å². The number of hydrogen-bond acceptors (Lipinski definition) is 2. The van der Waals surface area contributed by atoms with Gasteiger partial charge in [0.2, 0.25) is 0 Å². The highest BCUT2D eigenvalue weighted by atomic mass is 79.9. The SMILES string of the molecule is Cn1cc(C(=O)N(Cc2cccc(Br)c2)C2CC2)cn1. The lowest BCUT2D eigenvalue weighted by Crippen LogP contribution is -2.32. The molecule has 1 aromatic carbocycles. The lowest BCUT2D eigenvalue weighted by atomic mass is 10.2. The van der Waals surface area contributed by atoms with Gasteiger partial charge in [-0.15, -0.1) is 0 Å². The summed E-state index contributed by atoms with van der Waals surface area (Å²) < 4.78 is 2.71. The van der Waals surface area contributed by atoms with Crippen molar-refractivity contribution in [2.45, 2.75) is 25.4 Å². The molecule has 0 atom stereocenters. The van der Waals surface area contributed by atoms with E-state index in [1.807, 2.05) is 24.1 Å². The van der Waals surface area contributed by atoms with Crippen LogP contribution in [0.25, 0.3) is 0 Å². The molecule has 4 nitrogen and oxygen atoms in total. The van der Waals surface area contributed by atoms with Gasteiger partial charge in [-0.1, -0.05) is 28.1 Å². The van der Waals surface area contributed by atoms with Crippen molar-refractivity contribution < 1.29 is 4.79 Å². The third-order valence-corrected chi connectivity index (χ3v) is 3.94. The van der Waals surface area contributed by atoms with Crippen LogP contribution in [0.2, 0.25) is 0 Å². The first-order valence-electron chi connectivity index (χ1n) is 6.67. The molecule has 0 saturated heterocycles. The Balaban J connectivity index is 1.81. The van der Waals surface area contributed by atoms with Gasteiger partial charge in [-0.05, 0) is 30.5 Å². The number of aryl methyl sites for hydroxylation is 1. The van der Waals surface area contributed by atoms with E-state index in [1.54, 1.807) is 17.1 Å². The van der Waals surface area contributed by atoms with Gasteiger partial charge in [-0.25, -0.2) is 0 Å². The molecule has 1 amide bonds. The van der Waals surface area contributed by atoms with E-state index < -0.39 is 0 Å². The summed E-state index contributed by atoms with van der Waals surface area (Å²) in [5.74, 6) is 0.0700. The van der Waals surface area contributed by atoms with Gasteiger partial charge in [0, 0.05) is 30.3 Å². The molecule has 0 aliphatic heterocycles. The summed E-state index contributed by atoms with van der Waals surface area (Å²) in [5, 5.41) is 4.08. The molecule has 0 bridgehead atoms. The van der Waals surface area contributed by atoms with Crippen molar-refractivity contribution in [2.24, 2.45) is 7.05 Å². The number of aromatic nitrogens is 2. The monoisotopic (exact) mass is 333 g/mol. The molecule has 0 spiro atoms. The molecule has 2 aromatic rings. The average molecular weight is 334 g/mol. The summed E-state index contributed by atoms with van der Waals surface area (Å²) in [5.41, 5.74) is 1.80. The highest BCUT2D eigenvalue weighted by Gasteiger charge is 2.33. The van der Waals surface area contributed by atoms with Crippen molar-refractivity contribution in [1.82, 2.24) is 14.7 Å². The topological polar surface area (TPSA) is 38.1 Å². The van der Waals surface area contributed by atoms with E-state index in [-0.39, 0.29) is 5.91 Å². The second kappa shape index (κ2) is 5.40. The maximum absolute atomic E-state index is 12.6. The van der Waals surface area contributed by atoms with Crippen molar-refractivity contribution in [3.05, 3.63) is 52.3 Å². The van der Waals surface area contributed by atoms with Crippen molar-refractivity contribution in [3.8, 4) is 0 Å². The molecular weight excluding hydrogens is 318 g/mol. The Morgan fingerprint density at radius 2 is 2.30 bits per heavy atom. The van der Waals surface area contributed by atoms with Gasteiger partial charge in [0.05, 0.1) is 11.8 Å². The lowest BCUT2D eigenvalue weighted by molar-refractivity contribution is 0.0730. The number of amides is 1. The molecule has 1 aromatic heterocycles. The van der Waals surface area contributed by atoms with Gasteiger partial charge < -0.3 is 4.90 Å². The van der Waals surface area contributed by atoms with Crippen LogP contribution in [0.5, 0.6) is 0 Å². The summed E-state index contributed by atoms with van der Waals surface area (Å²) in [4.78, 5) is 14.5. The summed E-state index contributed by atoms with van der Waals surface area (Å²) in [7, 11) is 1.83. The minimum absolute atomic E-state index is 0.0700. The zero-order valence-electron chi connectivity index (χ0n) is 11.3. The molecule has 1 fully saturated rings. The van der Waals surface area contributed by atoms with E-state index in [2.05, 4.69) is 33.2 Å². The van der Waals surface area contributed by atoms with Crippen molar-refractivity contribution in [1.29, 1.82) is 0 Å². The fourth-order valence-electron chi connectivity index (χ4n) is 2.28. The van der Waals surface area contributed by atoms with Crippen molar-refractivity contribution in [2.75, 3.05) is 0 Å². The first-order valence-corrected chi connectivity index (χ1v) is 7.47. The molecule has 20 heavy (non-hydrogen) atoms. The van der Waals surface area contributed by atoms with Gasteiger partial charge in [0.15, 0.2) is 0 Å². The molecule has 0 N–H and O–H groups in total. The highest BCUT2D eigenvalue weighted by Crippen LogP contribution is 2.30. The molecule has 1 aliphatic rings. The second-order valence-corrected chi connectivity index (χ2v) is 6.11. The Hall–Kier alpha value is -1.62. The molecule has 1 saturated carbocycles. The Morgan fingerprint density at radius 1 is 1.50 bits per heavy atom. The first kappa shape index (κ1) is 13.4. The normalized spacial score (nSPS) is 14.3. The molecule has 5 heteroatoms. The molecule has 0 radical (unpaired) electrons. The number of benzene rings is 1. The molecule has 3 rings (SSSR count). The summed E-state index contributed by atoms with van der Waals surface area (Å²) in [6.07, 6.45) is 5.61. The number of nitrogens with zero attached hydrogens (tertiary/aromatic N) is 3. The zero-order valence-corrected chi connectivity index (χ0v) is 12.9. The second-order valence-electron chi connectivity index (χ2n) is 5.20. The number of carbonyl (C=O) groups is 1. The van der Waals surface area contributed by atoms with Crippen LogP contribution in [0, 0.1) is 0 Å². The summed E-state index contributed by atoms with van der Waals surface area (Å²) >= 11 is 3.47. The van der Waals surface area contributed by atoms with Crippen LogP contribution in [0.4, 0.5) is 0 Å². The minimum atomic E-state index is 0.0700. The predicted octanol–water partition coefficient (Wildman–Crippen LogP) is 2.99. The number of carbonyl (C=O) groups excluding carboxylic acids is 1. The molecule has 1 heterocycles. The first-order chi connectivity index (χ1) is 9.63. The number of halogens is 1. The van der Waals surface area contributed by atoms with E-state index in [1.165, 1.54) is 0 Å². The Kier molecular flexibility index (Phi) is 3.61. The van der Waals surface area contributed by atoms with E-state index in [0.717, 1.165) is 22.9 Å². The van der Waals surface area contributed by atoms with Gasteiger partial charge >= 0.3 is 0 Å². The van der Waals surface area contributed by atoms with Crippen LogP contribution < -0.4 is 0 Å². The molecular formula is C15H16BrN3O. The average Bonchev–Trinajstić information content (AvgIpc) is 3.17. The summed E-state index contributed by atoms with van der Waals surface area (Å²) in [6.45, 7) is 0.651. The van der Waals surface area contributed by atoms with Crippen LogP contribution >= 0.6 is 15.9 Å². The maximum atomic E-state index is 12.6. The quantitative estimate of drug-likeness (QED) is 0.862. The zero-order chi connectivity index (χ0) is 14.1. The Morgan fingerprint density at radius 3 is 2.90 bits per heavy atom. The van der Waals surface area contributed by atoms with Crippen LogP contribution in [0.1, 0.15) is 28.8 Å². The van der Waals surface area contributed by atoms with Gasteiger partial charge in [-0.3, -0.25) is 9.48 Å². The smallest absolute Gasteiger partial charge is 0.257 e.